The molecule has 34 heavy (non-hydrogen) atoms. The number of hydrogen-bond donors (Lipinski definition) is 4. The second kappa shape index (κ2) is 10.8. The van der Waals surface area contributed by atoms with E-state index in [0.29, 0.717) is 17.0 Å². The molecule has 1 amide bonds. The van der Waals surface area contributed by atoms with E-state index in [2.05, 4.69) is 67.1 Å². The number of alkyl halides is 2. The van der Waals surface area contributed by atoms with Gasteiger partial charge in [-0.25, -0.2) is 8.78 Å². The van der Waals surface area contributed by atoms with Crippen LogP contribution in [0.3, 0.4) is 0 Å². The minimum atomic E-state index is -2.47. The second-order valence-electron chi connectivity index (χ2n) is 8.90. The molecule has 7 heteroatoms. The fourth-order valence-electron chi connectivity index (χ4n) is 4.57. The van der Waals surface area contributed by atoms with Gasteiger partial charge >= 0.3 is 0 Å². The molecule has 2 aliphatic rings. The van der Waals surface area contributed by atoms with Crippen LogP contribution >= 0.6 is 0 Å². The number of hydrogen-bond acceptors (Lipinski definition) is 3. The highest BCUT2D eigenvalue weighted by Gasteiger charge is 2.35. The van der Waals surface area contributed by atoms with Gasteiger partial charge in [-0.05, 0) is 62.3 Å². The molecule has 182 valence electrons. The summed E-state index contributed by atoms with van der Waals surface area (Å²) in [7, 11) is 0. The normalized spacial score (nSPS) is 21.5. The molecule has 1 aliphatic heterocycles. The highest BCUT2D eigenvalue weighted by molar-refractivity contribution is 6.06. The van der Waals surface area contributed by atoms with Gasteiger partial charge in [0.15, 0.2) is 0 Å². The molecule has 1 aromatic carbocycles. The summed E-state index contributed by atoms with van der Waals surface area (Å²) in [6.07, 6.45) is 5.20. The monoisotopic (exact) mass is 468 g/mol. The number of nitrogens with one attached hydrogen (secondary N) is 4. The number of amidine groups is 1. The van der Waals surface area contributed by atoms with Crippen LogP contribution in [0.25, 0.3) is 0 Å². The standard InChI is InChI=1S/C27H34F2N4O/c1-6-18-9-8-15(3)20(11-18)21-13-22-23(12-19(21)7-2)33-27(34)26(22)17(5)32-25(30)10-16(4)31-14-24(28)29/h8-13,19,21,24,31H,6-7,14H2,1-5H3,(H2,30,32)(H,33,34)/b16-10-,26-17-. The van der Waals surface area contributed by atoms with Crippen molar-refractivity contribution in [1.82, 2.24) is 16.0 Å². The first kappa shape index (κ1) is 25.4. The molecule has 0 radical (unpaired) electrons. The molecule has 1 aromatic rings. The lowest BCUT2D eigenvalue weighted by atomic mass is 9.76. The maximum Gasteiger partial charge on any atom is 0.258 e. The largest absolute Gasteiger partial charge is 0.383 e. The van der Waals surface area contributed by atoms with Gasteiger partial charge in [0.25, 0.3) is 12.3 Å². The van der Waals surface area contributed by atoms with Crippen molar-refractivity contribution in [3.05, 3.63) is 81.4 Å². The van der Waals surface area contributed by atoms with Crippen molar-refractivity contribution in [3.63, 3.8) is 0 Å². The summed E-state index contributed by atoms with van der Waals surface area (Å²) in [5, 5.41) is 16.7. The van der Waals surface area contributed by atoms with Crippen LogP contribution in [0.2, 0.25) is 0 Å². The molecule has 1 heterocycles. The van der Waals surface area contributed by atoms with Gasteiger partial charge in [-0.15, -0.1) is 0 Å². The number of carbonyl (C=O) groups is 1. The van der Waals surface area contributed by atoms with Gasteiger partial charge in [0.1, 0.15) is 5.84 Å². The Morgan fingerprint density at radius 2 is 1.97 bits per heavy atom. The molecule has 2 atom stereocenters. The van der Waals surface area contributed by atoms with E-state index in [9.17, 15) is 13.6 Å². The van der Waals surface area contributed by atoms with Gasteiger partial charge in [0.05, 0.1) is 12.1 Å². The van der Waals surface area contributed by atoms with Crippen LogP contribution in [0.15, 0.2) is 64.7 Å². The summed E-state index contributed by atoms with van der Waals surface area (Å²) in [5.41, 5.74) is 6.94. The maximum atomic E-state index is 12.9. The Morgan fingerprint density at radius 1 is 1.24 bits per heavy atom. The van der Waals surface area contributed by atoms with Crippen molar-refractivity contribution in [1.29, 1.82) is 5.41 Å². The quantitative estimate of drug-likeness (QED) is 0.240. The van der Waals surface area contributed by atoms with Crippen LogP contribution in [0, 0.1) is 18.3 Å². The third-order valence-corrected chi connectivity index (χ3v) is 6.40. The highest BCUT2D eigenvalue weighted by atomic mass is 19.3. The number of carbonyl (C=O) groups excluding carboxylic acids is 1. The van der Waals surface area contributed by atoms with Gasteiger partial charge in [0, 0.05) is 28.6 Å². The molecule has 2 unspecified atom stereocenters. The van der Waals surface area contributed by atoms with Crippen molar-refractivity contribution in [2.24, 2.45) is 5.92 Å². The zero-order valence-electron chi connectivity index (χ0n) is 20.5. The highest BCUT2D eigenvalue weighted by Crippen LogP contribution is 2.42. The molecule has 0 saturated carbocycles. The van der Waals surface area contributed by atoms with Gasteiger partial charge in [-0.1, -0.05) is 44.2 Å². The molecule has 1 saturated heterocycles. The van der Waals surface area contributed by atoms with E-state index in [-0.39, 0.29) is 23.6 Å². The Hall–Kier alpha value is -3.22. The third-order valence-electron chi connectivity index (χ3n) is 6.40. The predicted octanol–water partition coefficient (Wildman–Crippen LogP) is 5.22. The topological polar surface area (TPSA) is 77.0 Å². The number of halogens is 2. The molecule has 0 bridgehead atoms. The minimum absolute atomic E-state index is 0.0142. The molecule has 1 aliphatic carbocycles. The molecule has 1 fully saturated rings. The first-order chi connectivity index (χ1) is 16.1. The summed E-state index contributed by atoms with van der Waals surface area (Å²) in [6.45, 7) is 9.33. The molecular formula is C27H34F2N4O. The van der Waals surface area contributed by atoms with E-state index in [1.54, 1.807) is 13.8 Å². The molecule has 0 aromatic heterocycles. The average molecular weight is 469 g/mol. The smallest absolute Gasteiger partial charge is 0.258 e. The van der Waals surface area contributed by atoms with Crippen LogP contribution < -0.4 is 16.0 Å². The lowest BCUT2D eigenvalue weighted by Crippen LogP contribution is -2.25. The molecule has 3 rings (SSSR count). The van der Waals surface area contributed by atoms with Gasteiger partial charge in [-0.2, -0.15) is 0 Å². The summed E-state index contributed by atoms with van der Waals surface area (Å²) < 4.78 is 24.8. The first-order valence-electron chi connectivity index (χ1n) is 11.8. The zero-order chi connectivity index (χ0) is 25.0. The van der Waals surface area contributed by atoms with Crippen molar-refractivity contribution >= 4 is 11.7 Å². The van der Waals surface area contributed by atoms with Gasteiger partial charge in [-0.3, -0.25) is 10.2 Å². The van der Waals surface area contributed by atoms with Crippen LogP contribution in [0.4, 0.5) is 8.78 Å². The number of benzene rings is 1. The Morgan fingerprint density at radius 3 is 2.62 bits per heavy atom. The Kier molecular flexibility index (Phi) is 8.07. The second-order valence-corrected chi connectivity index (χ2v) is 8.90. The van der Waals surface area contributed by atoms with E-state index in [1.165, 1.54) is 22.8 Å². The fraction of sp³-hybridized carbons (Fsp3) is 0.407. The minimum Gasteiger partial charge on any atom is -0.383 e. The van der Waals surface area contributed by atoms with E-state index >= 15 is 0 Å². The Bertz CT molecular complexity index is 1100. The SMILES string of the molecule is CCc1ccc(C)c(C2C=C3C(=CC2CC)NC(=O)/C3=C(/C)NC(=N)/C=C(/C)NCC(F)F)c1. The Labute approximate surface area is 200 Å². The van der Waals surface area contributed by atoms with E-state index in [0.717, 1.165) is 24.1 Å². The van der Waals surface area contributed by atoms with E-state index in [1.807, 2.05) is 0 Å². The van der Waals surface area contributed by atoms with Crippen molar-refractivity contribution < 1.29 is 13.6 Å². The molecular weight excluding hydrogens is 434 g/mol. The van der Waals surface area contributed by atoms with Gasteiger partial charge in [0.2, 0.25) is 0 Å². The summed E-state index contributed by atoms with van der Waals surface area (Å²) in [5.74, 6) is 0.217. The number of amides is 1. The summed E-state index contributed by atoms with van der Waals surface area (Å²) in [4.78, 5) is 12.9. The van der Waals surface area contributed by atoms with E-state index < -0.39 is 13.0 Å². The van der Waals surface area contributed by atoms with Crippen LogP contribution in [0.1, 0.15) is 56.7 Å². The maximum absolute atomic E-state index is 12.9. The zero-order valence-corrected chi connectivity index (χ0v) is 20.5. The van der Waals surface area contributed by atoms with Crippen molar-refractivity contribution in [2.75, 3.05) is 6.54 Å². The first-order valence-corrected chi connectivity index (χ1v) is 11.8. The van der Waals surface area contributed by atoms with Crippen LogP contribution in [-0.4, -0.2) is 24.7 Å². The van der Waals surface area contributed by atoms with E-state index in [4.69, 9.17) is 5.41 Å². The van der Waals surface area contributed by atoms with Crippen LogP contribution in [-0.2, 0) is 11.2 Å². The summed E-state index contributed by atoms with van der Waals surface area (Å²) >= 11 is 0. The lowest BCUT2D eigenvalue weighted by Gasteiger charge is -2.28. The van der Waals surface area contributed by atoms with Crippen molar-refractivity contribution in [3.8, 4) is 0 Å². The molecule has 4 N–H and O–H groups in total. The average Bonchev–Trinajstić information content (AvgIpc) is 3.11. The molecule has 0 spiro atoms. The van der Waals surface area contributed by atoms with Crippen LogP contribution in [0.5, 0.6) is 0 Å². The number of rotatable bonds is 8. The fourth-order valence-corrected chi connectivity index (χ4v) is 4.57. The Balaban J connectivity index is 1.94. The third kappa shape index (κ3) is 5.64. The number of fused-ring (bicyclic) bond motifs is 1. The number of allylic oxidation sites excluding steroid dienone is 5. The van der Waals surface area contributed by atoms with Gasteiger partial charge < -0.3 is 16.0 Å². The predicted molar refractivity (Wildman–Crippen MR) is 133 cm³/mol. The molecule has 5 nitrogen and oxygen atoms in total. The number of aryl methyl sites for hydroxylation is 2. The summed E-state index contributed by atoms with van der Waals surface area (Å²) in [6, 6.07) is 6.60. The van der Waals surface area contributed by atoms with Crippen molar-refractivity contribution in [2.45, 2.75) is 59.8 Å². The lowest BCUT2D eigenvalue weighted by molar-refractivity contribution is -0.115.